The van der Waals surface area contributed by atoms with Crippen LogP contribution in [0.3, 0.4) is 0 Å². The minimum Gasteiger partial charge on any atom is -0.289 e. The molecule has 0 amide bonds. The molecule has 1 aliphatic rings. The van der Waals surface area contributed by atoms with E-state index in [1.807, 2.05) is 0 Å². The van der Waals surface area contributed by atoms with E-state index in [0.29, 0.717) is 12.0 Å². The number of hydrogen-bond acceptors (Lipinski definition) is 1. The molecular formula is C18H19N. The summed E-state index contributed by atoms with van der Waals surface area (Å²) in [5, 5.41) is 0. The fourth-order valence-electron chi connectivity index (χ4n) is 2.90. The third-order valence-electron chi connectivity index (χ3n) is 3.86. The Bertz CT molecular complexity index is 530. The van der Waals surface area contributed by atoms with Gasteiger partial charge in [0.15, 0.2) is 0 Å². The van der Waals surface area contributed by atoms with E-state index >= 15 is 0 Å². The minimum atomic E-state index is 0.329. The van der Waals surface area contributed by atoms with Gasteiger partial charge in [0.2, 0.25) is 0 Å². The van der Waals surface area contributed by atoms with E-state index < -0.39 is 0 Å². The van der Waals surface area contributed by atoms with Crippen molar-refractivity contribution in [3.63, 3.8) is 0 Å². The molecule has 0 bridgehead atoms. The molecule has 3 rings (SSSR count). The van der Waals surface area contributed by atoms with Crippen LogP contribution in [-0.2, 0) is 6.42 Å². The Kier molecular flexibility index (Phi) is 3.73. The van der Waals surface area contributed by atoms with Crippen molar-refractivity contribution in [2.24, 2.45) is 10.9 Å². The maximum atomic E-state index is 4.75. The zero-order valence-corrected chi connectivity index (χ0v) is 11.1. The molecule has 0 saturated heterocycles. The van der Waals surface area contributed by atoms with Crippen LogP contribution < -0.4 is 0 Å². The van der Waals surface area contributed by atoms with E-state index in [4.69, 9.17) is 4.99 Å². The summed E-state index contributed by atoms with van der Waals surface area (Å²) in [6, 6.07) is 21.8. The number of benzene rings is 2. The topological polar surface area (TPSA) is 12.4 Å². The summed E-state index contributed by atoms with van der Waals surface area (Å²) in [5.41, 5.74) is 2.77. The third-order valence-corrected chi connectivity index (χ3v) is 3.86. The van der Waals surface area contributed by atoms with Crippen molar-refractivity contribution < 1.29 is 0 Å². The molecule has 0 spiro atoms. The van der Waals surface area contributed by atoms with Crippen LogP contribution >= 0.6 is 0 Å². The standard InChI is InChI=1S/C18H19N/c1-3-8-15(9-4-1)14-17-12-7-13-19-18(17)16-10-5-2-6-11-16/h1-6,8-11,13,17-18H,7,12,14H2/t17-,18-/m1/s1. The summed E-state index contributed by atoms with van der Waals surface area (Å²) in [7, 11) is 0. The highest BCUT2D eigenvalue weighted by Crippen LogP contribution is 2.34. The second-order valence-corrected chi connectivity index (χ2v) is 5.21. The number of hydrogen-bond donors (Lipinski definition) is 0. The first-order valence-electron chi connectivity index (χ1n) is 7.04. The van der Waals surface area contributed by atoms with Crippen molar-refractivity contribution in [2.75, 3.05) is 0 Å². The van der Waals surface area contributed by atoms with E-state index in [-0.39, 0.29) is 0 Å². The summed E-state index contributed by atoms with van der Waals surface area (Å²) < 4.78 is 0. The predicted octanol–water partition coefficient (Wildman–Crippen LogP) is 4.45. The highest BCUT2D eigenvalue weighted by molar-refractivity contribution is 5.59. The molecule has 0 aliphatic carbocycles. The van der Waals surface area contributed by atoms with E-state index in [1.165, 1.54) is 17.5 Å². The van der Waals surface area contributed by atoms with Gasteiger partial charge in [0.05, 0.1) is 6.04 Å². The van der Waals surface area contributed by atoms with Crippen LogP contribution in [-0.4, -0.2) is 6.21 Å². The lowest BCUT2D eigenvalue weighted by atomic mass is 9.83. The molecule has 0 unspecified atom stereocenters. The van der Waals surface area contributed by atoms with Crippen molar-refractivity contribution >= 4 is 6.21 Å². The van der Waals surface area contributed by atoms with Crippen LogP contribution in [0, 0.1) is 5.92 Å². The lowest BCUT2D eigenvalue weighted by molar-refractivity contribution is 0.395. The van der Waals surface area contributed by atoms with Crippen molar-refractivity contribution in [3.8, 4) is 0 Å². The number of nitrogens with zero attached hydrogens (tertiary/aromatic N) is 1. The Morgan fingerprint density at radius 2 is 1.58 bits per heavy atom. The van der Waals surface area contributed by atoms with E-state index in [2.05, 4.69) is 66.9 Å². The zero-order chi connectivity index (χ0) is 12.9. The van der Waals surface area contributed by atoms with Crippen LogP contribution in [0.4, 0.5) is 0 Å². The van der Waals surface area contributed by atoms with Crippen LogP contribution in [0.15, 0.2) is 65.7 Å². The van der Waals surface area contributed by atoms with Crippen molar-refractivity contribution in [2.45, 2.75) is 25.3 Å². The van der Waals surface area contributed by atoms with Gasteiger partial charge in [-0.15, -0.1) is 0 Å². The lowest BCUT2D eigenvalue weighted by Crippen LogP contribution is -2.18. The fraction of sp³-hybridized carbons (Fsp3) is 0.278. The smallest absolute Gasteiger partial charge is 0.0776 e. The monoisotopic (exact) mass is 249 g/mol. The second kappa shape index (κ2) is 5.83. The molecule has 0 N–H and O–H groups in total. The summed E-state index contributed by atoms with van der Waals surface area (Å²) >= 11 is 0. The first-order valence-corrected chi connectivity index (χ1v) is 7.04. The first kappa shape index (κ1) is 12.2. The van der Waals surface area contributed by atoms with Gasteiger partial charge in [0.25, 0.3) is 0 Å². The Labute approximate surface area is 115 Å². The van der Waals surface area contributed by atoms with E-state index in [0.717, 1.165) is 12.8 Å². The summed E-state index contributed by atoms with van der Waals surface area (Å²) in [6.07, 6.45) is 5.57. The summed E-state index contributed by atoms with van der Waals surface area (Å²) in [6.45, 7) is 0. The molecule has 0 aromatic heterocycles. The Hall–Kier alpha value is -1.89. The molecule has 0 saturated carbocycles. The van der Waals surface area contributed by atoms with Gasteiger partial charge in [0.1, 0.15) is 0 Å². The largest absolute Gasteiger partial charge is 0.289 e. The van der Waals surface area contributed by atoms with Crippen LogP contribution in [0.25, 0.3) is 0 Å². The second-order valence-electron chi connectivity index (χ2n) is 5.21. The summed E-state index contributed by atoms with van der Waals surface area (Å²) in [4.78, 5) is 4.75. The average molecular weight is 249 g/mol. The fourth-order valence-corrected chi connectivity index (χ4v) is 2.90. The van der Waals surface area contributed by atoms with Crippen molar-refractivity contribution in [3.05, 3.63) is 71.8 Å². The van der Waals surface area contributed by atoms with Gasteiger partial charge in [-0.3, -0.25) is 4.99 Å². The van der Waals surface area contributed by atoms with Gasteiger partial charge in [0, 0.05) is 0 Å². The maximum Gasteiger partial charge on any atom is 0.0776 e. The first-order chi connectivity index (χ1) is 9.43. The molecule has 0 fully saturated rings. The van der Waals surface area contributed by atoms with Gasteiger partial charge >= 0.3 is 0 Å². The average Bonchev–Trinajstić information content (AvgIpc) is 2.50. The summed E-state index contributed by atoms with van der Waals surface area (Å²) in [5.74, 6) is 0.620. The van der Waals surface area contributed by atoms with Gasteiger partial charge in [-0.25, -0.2) is 0 Å². The minimum absolute atomic E-state index is 0.329. The van der Waals surface area contributed by atoms with Crippen molar-refractivity contribution in [1.29, 1.82) is 0 Å². The molecule has 2 aromatic carbocycles. The number of aliphatic imine (C=N–C) groups is 1. The molecule has 2 aromatic rings. The lowest BCUT2D eigenvalue weighted by Gasteiger charge is -2.27. The Balaban J connectivity index is 1.81. The van der Waals surface area contributed by atoms with Crippen LogP contribution in [0.1, 0.15) is 30.0 Å². The SMILES string of the molecule is C1=N[C@H](c2ccccc2)[C@@H](Cc2ccccc2)CC1. The molecule has 2 atom stereocenters. The number of rotatable bonds is 3. The van der Waals surface area contributed by atoms with Crippen molar-refractivity contribution in [1.82, 2.24) is 0 Å². The van der Waals surface area contributed by atoms with E-state index in [9.17, 15) is 0 Å². The highest BCUT2D eigenvalue weighted by Gasteiger charge is 2.24. The highest BCUT2D eigenvalue weighted by atomic mass is 14.8. The molecule has 1 heterocycles. The van der Waals surface area contributed by atoms with Gasteiger partial charge in [-0.1, -0.05) is 60.7 Å². The van der Waals surface area contributed by atoms with Gasteiger partial charge < -0.3 is 0 Å². The molecule has 1 aliphatic heterocycles. The van der Waals surface area contributed by atoms with Crippen LogP contribution in [0.2, 0.25) is 0 Å². The molecule has 1 heteroatoms. The quantitative estimate of drug-likeness (QED) is 0.762. The molecule has 19 heavy (non-hydrogen) atoms. The molecule has 0 radical (unpaired) electrons. The molecule has 96 valence electrons. The third kappa shape index (κ3) is 2.93. The Morgan fingerprint density at radius 1 is 0.895 bits per heavy atom. The molecule has 1 nitrogen and oxygen atoms in total. The van der Waals surface area contributed by atoms with Gasteiger partial charge in [-0.2, -0.15) is 0 Å². The maximum absolute atomic E-state index is 4.75. The predicted molar refractivity (Wildman–Crippen MR) is 80.5 cm³/mol. The Morgan fingerprint density at radius 3 is 2.32 bits per heavy atom. The zero-order valence-electron chi connectivity index (χ0n) is 11.1. The normalized spacial score (nSPS) is 22.3. The van der Waals surface area contributed by atoms with Gasteiger partial charge in [-0.05, 0) is 42.5 Å². The molecular weight excluding hydrogens is 230 g/mol. The van der Waals surface area contributed by atoms with E-state index in [1.54, 1.807) is 0 Å². The van der Waals surface area contributed by atoms with Crippen LogP contribution in [0.5, 0.6) is 0 Å².